The summed E-state index contributed by atoms with van der Waals surface area (Å²) in [5.41, 5.74) is 17.3. The maximum Gasteiger partial charge on any atom is 0.0542 e. The molecule has 0 fully saturated rings. The molecule has 0 spiro atoms. The first kappa shape index (κ1) is 36.4. The minimum absolute atomic E-state index is 0.0960. The first-order chi connectivity index (χ1) is 28.7. The van der Waals surface area contributed by atoms with Crippen LogP contribution in [0, 0.1) is 20.8 Å². The van der Waals surface area contributed by atoms with E-state index in [4.69, 9.17) is 0 Å². The van der Waals surface area contributed by atoms with Crippen LogP contribution >= 0.6 is 0 Å². The zero-order valence-corrected chi connectivity index (χ0v) is 34.7. The van der Waals surface area contributed by atoms with E-state index >= 15 is 0 Å². The Kier molecular flexibility index (Phi) is 8.76. The zero-order valence-electron chi connectivity index (χ0n) is 34.7. The summed E-state index contributed by atoms with van der Waals surface area (Å²) in [4.78, 5) is 2.35. The van der Waals surface area contributed by atoms with Crippen LogP contribution in [0.4, 0.5) is 17.1 Å². The molecule has 0 N–H and O–H groups in total. The lowest BCUT2D eigenvalue weighted by atomic mass is 9.82. The molecule has 0 aliphatic rings. The fraction of sp³-hybridized carbons (Fsp3) is 0.123. The largest absolute Gasteiger partial charge is 0.310 e. The first-order valence-corrected chi connectivity index (χ1v) is 20.8. The predicted molar refractivity (Wildman–Crippen MR) is 254 cm³/mol. The molecular weight excluding hydrogens is 713 g/mol. The van der Waals surface area contributed by atoms with Gasteiger partial charge in [-0.1, -0.05) is 148 Å². The van der Waals surface area contributed by atoms with E-state index in [9.17, 15) is 0 Å². The molecule has 1 heterocycles. The summed E-state index contributed by atoms with van der Waals surface area (Å²) in [5, 5.41) is 7.61. The topological polar surface area (TPSA) is 8.17 Å². The Morgan fingerprint density at radius 2 is 0.983 bits per heavy atom. The van der Waals surface area contributed by atoms with Crippen molar-refractivity contribution in [1.29, 1.82) is 0 Å². The third-order valence-corrected chi connectivity index (χ3v) is 12.2. The highest BCUT2D eigenvalue weighted by atomic mass is 15.1. The maximum absolute atomic E-state index is 2.47. The molecular formula is C57H48N2. The van der Waals surface area contributed by atoms with Gasteiger partial charge < -0.3 is 9.47 Å². The van der Waals surface area contributed by atoms with E-state index in [0.29, 0.717) is 0 Å². The molecule has 0 bridgehead atoms. The smallest absolute Gasteiger partial charge is 0.0542 e. The summed E-state index contributed by atoms with van der Waals surface area (Å²) >= 11 is 0. The van der Waals surface area contributed by atoms with Crippen LogP contribution in [0.5, 0.6) is 0 Å². The molecule has 59 heavy (non-hydrogen) atoms. The van der Waals surface area contributed by atoms with Crippen LogP contribution in [0.25, 0.3) is 71.3 Å². The third kappa shape index (κ3) is 6.19. The van der Waals surface area contributed by atoms with Crippen LogP contribution < -0.4 is 4.90 Å². The monoisotopic (exact) mass is 760 g/mol. The summed E-state index contributed by atoms with van der Waals surface area (Å²) in [6, 6.07) is 67.2. The number of para-hydroxylation sites is 3. The Morgan fingerprint density at radius 3 is 1.64 bits per heavy atom. The highest BCUT2D eigenvalue weighted by molar-refractivity contribution is 6.22. The second kappa shape index (κ2) is 14.2. The molecule has 286 valence electrons. The van der Waals surface area contributed by atoms with E-state index in [-0.39, 0.29) is 5.41 Å². The van der Waals surface area contributed by atoms with Crippen LogP contribution in [0.1, 0.15) is 43.0 Å². The summed E-state index contributed by atoms with van der Waals surface area (Å²) in [7, 11) is 0. The maximum atomic E-state index is 2.47. The molecule has 9 aromatic carbocycles. The summed E-state index contributed by atoms with van der Waals surface area (Å²) in [5.74, 6) is 0. The summed E-state index contributed by atoms with van der Waals surface area (Å²) < 4.78 is 2.47. The van der Waals surface area contributed by atoms with Crippen LogP contribution in [-0.4, -0.2) is 4.57 Å². The second-order valence-electron chi connectivity index (χ2n) is 17.2. The van der Waals surface area contributed by atoms with E-state index in [1.54, 1.807) is 0 Å². The van der Waals surface area contributed by atoms with Gasteiger partial charge in [0.2, 0.25) is 0 Å². The van der Waals surface area contributed by atoms with Crippen LogP contribution in [0.15, 0.2) is 182 Å². The molecule has 10 aromatic rings. The van der Waals surface area contributed by atoms with Gasteiger partial charge in [0.05, 0.1) is 11.0 Å². The number of aryl methyl sites for hydroxylation is 3. The number of aromatic nitrogens is 1. The van der Waals surface area contributed by atoms with Crippen molar-refractivity contribution in [2.45, 2.75) is 47.0 Å². The minimum Gasteiger partial charge on any atom is -0.310 e. The second-order valence-corrected chi connectivity index (χ2v) is 17.2. The molecule has 1 aromatic heterocycles. The number of nitrogens with zero attached hydrogens (tertiary/aromatic N) is 2. The number of benzene rings is 9. The molecule has 0 saturated heterocycles. The van der Waals surface area contributed by atoms with Crippen LogP contribution in [0.2, 0.25) is 0 Å². The van der Waals surface area contributed by atoms with E-state index < -0.39 is 0 Å². The van der Waals surface area contributed by atoms with Crippen molar-refractivity contribution in [2.24, 2.45) is 0 Å². The molecule has 0 unspecified atom stereocenters. The minimum atomic E-state index is 0.0960. The van der Waals surface area contributed by atoms with E-state index in [1.807, 2.05) is 0 Å². The van der Waals surface area contributed by atoms with Gasteiger partial charge in [-0.25, -0.2) is 0 Å². The van der Waals surface area contributed by atoms with E-state index in [0.717, 1.165) is 17.1 Å². The molecule has 0 radical (unpaired) electrons. The third-order valence-electron chi connectivity index (χ3n) is 12.2. The Hall–Kier alpha value is -6.90. The molecule has 0 saturated carbocycles. The summed E-state index contributed by atoms with van der Waals surface area (Å²) in [6.45, 7) is 13.6. The van der Waals surface area contributed by atoms with Crippen molar-refractivity contribution < 1.29 is 0 Å². The number of fused-ring (bicyclic) bond motifs is 5. The lowest BCUT2D eigenvalue weighted by Gasteiger charge is -2.25. The summed E-state index contributed by atoms with van der Waals surface area (Å²) in [6.07, 6.45) is 0. The van der Waals surface area contributed by atoms with Gasteiger partial charge in [-0.05, 0) is 147 Å². The number of anilines is 3. The van der Waals surface area contributed by atoms with Gasteiger partial charge >= 0.3 is 0 Å². The first-order valence-electron chi connectivity index (χ1n) is 20.8. The Bertz CT molecular complexity index is 3160. The van der Waals surface area contributed by atoms with Gasteiger partial charge in [-0.3, -0.25) is 0 Å². The highest BCUT2D eigenvalue weighted by Crippen LogP contribution is 2.46. The van der Waals surface area contributed by atoms with Gasteiger partial charge in [0, 0.05) is 33.5 Å². The zero-order chi connectivity index (χ0) is 40.4. The average Bonchev–Trinajstić information content (AvgIpc) is 3.57. The Balaban J connectivity index is 1.16. The van der Waals surface area contributed by atoms with Gasteiger partial charge in [0.15, 0.2) is 0 Å². The van der Waals surface area contributed by atoms with E-state index in [1.165, 1.54) is 93.5 Å². The molecule has 0 atom stereocenters. The van der Waals surface area contributed by atoms with Gasteiger partial charge in [-0.2, -0.15) is 0 Å². The number of hydrogen-bond acceptors (Lipinski definition) is 1. The number of hydrogen-bond donors (Lipinski definition) is 0. The Labute approximate surface area is 347 Å². The quantitative estimate of drug-likeness (QED) is 0.153. The van der Waals surface area contributed by atoms with Crippen molar-refractivity contribution in [2.75, 3.05) is 4.90 Å². The Morgan fingerprint density at radius 1 is 0.407 bits per heavy atom. The fourth-order valence-corrected chi connectivity index (χ4v) is 9.30. The standard InChI is InChI=1S/C57H48N2/c1-37-25-31-48-51(33-37)55(40-26-28-41(29-27-40)57(4,5)6)46-22-13-14-23-47(46)56(48)49-34-39(3)54(35-38(49)2)59-52-24-16-15-21-45(52)50-36-44(30-32-53(50)59)58(42-17-9-7-10-18-42)43-19-11-8-12-20-43/h7-36H,1-6H3. The molecule has 10 rings (SSSR count). The van der Waals surface area contributed by atoms with E-state index in [2.05, 4.69) is 233 Å². The molecule has 2 heteroatoms. The molecule has 2 nitrogen and oxygen atoms in total. The van der Waals surface area contributed by atoms with Crippen molar-refractivity contribution >= 4 is 60.4 Å². The van der Waals surface area contributed by atoms with Gasteiger partial charge in [0.25, 0.3) is 0 Å². The van der Waals surface area contributed by atoms with Crippen LogP contribution in [0.3, 0.4) is 0 Å². The van der Waals surface area contributed by atoms with Crippen molar-refractivity contribution in [3.63, 3.8) is 0 Å². The molecule has 0 amide bonds. The highest BCUT2D eigenvalue weighted by Gasteiger charge is 2.22. The van der Waals surface area contributed by atoms with Crippen molar-refractivity contribution in [1.82, 2.24) is 4.57 Å². The lowest BCUT2D eigenvalue weighted by molar-refractivity contribution is 0.590. The molecule has 0 aliphatic heterocycles. The normalized spacial score (nSPS) is 11.9. The van der Waals surface area contributed by atoms with Crippen molar-refractivity contribution in [3.05, 3.63) is 204 Å². The number of rotatable bonds is 6. The average molecular weight is 761 g/mol. The van der Waals surface area contributed by atoms with Gasteiger partial charge in [0.1, 0.15) is 0 Å². The SMILES string of the molecule is Cc1ccc2c(-c3cc(C)c(-n4c5ccccc5c5cc(N(c6ccccc6)c6ccccc6)ccc54)cc3C)c3ccccc3c(-c3ccc(C(C)(C)C)cc3)c2c1. The molecule has 0 aliphatic carbocycles. The lowest BCUT2D eigenvalue weighted by Crippen LogP contribution is -2.10. The predicted octanol–water partition coefficient (Wildman–Crippen LogP) is 16.1. The van der Waals surface area contributed by atoms with Crippen LogP contribution in [-0.2, 0) is 5.41 Å². The fourth-order valence-electron chi connectivity index (χ4n) is 9.30. The van der Waals surface area contributed by atoms with Gasteiger partial charge in [-0.15, -0.1) is 0 Å². The van der Waals surface area contributed by atoms with Crippen molar-refractivity contribution in [3.8, 4) is 27.9 Å².